The molecule has 0 unspecified atom stereocenters. The molecule has 6 nitrogen and oxygen atoms in total. The molecule has 0 fully saturated rings. The van der Waals surface area contributed by atoms with E-state index >= 15 is 0 Å². The maximum absolute atomic E-state index is 12.0. The third kappa shape index (κ3) is 7.19. The summed E-state index contributed by atoms with van der Waals surface area (Å²) in [7, 11) is 0. The number of benzene rings is 2. The van der Waals surface area contributed by atoms with Crippen LogP contribution in [0.25, 0.3) is 0 Å². The fourth-order valence-corrected chi connectivity index (χ4v) is 3.14. The van der Waals surface area contributed by atoms with E-state index in [0.29, 0.717) is 36.5 Å². The van der Waals surface area contributed by atoms with Crippen molar-refractivity contribution in [3.05, 3.63) is 55.4 Å². The van der Waals surface area contributed by atoms with E-state index in [1.54, 1.807) is 31.2 Å². The molecule has 0 bridgehead atoms. The molecule has 2 aromatic rings. The van der Waals surface area contributed by atoms with Crippen molar-refractivity contribution in [2.45, 2.75) is 19.8 Å². The van der Waals surface area contributed by atoms with Gasteiger partial charge in [-0.25, -0.2) is 0 Å². The second-order valence-corrected chi connectivity index (χ2v) is 7.99. The fraction of sp³-hybridized carbons (Fsp3) is 0.211. The number of nitrogens with one attached hydrogen (secondary N) is 2. The van der Waals surface area contributed by atoms with E-state index in [4.69, 9.17) is 39.5 Å². The molecule has 2 rings (SSSR count). The van der Waals surface area contributed by atoms with Crippen molar-refractivity contribution in [1.29, 1.82) is 0 Å². The maximum Gasteiger partial charge on any atom is 0.306 e. The Morgan fingerprint density at radius 3 is 2.38 bits per heavy atom. The van der Waals surface area contributed by atoms with Gasteiger partial charge in [0.1, 0.15) is 0 Å². The number of anilines is 2. The van der Waals surface area contributed by atoms with Gasteiger partial charge < -0.3 is 15.4 Å². The van der Waals surface area contributed by atoms with Crippen LogP contribution >= 0.6 is 50.7 Å². The summed E-state index contributed by atoms with van der Waals surface area (Å²) in [5.74, 6) is -1.64. The first-order valence-electron chi connectivity index (χ1n) is 8.32. The van der Waals surface area contributed by atoms with E-state index in [0.717, 1.165) is 0 Å². The van der Waals surface area contributed by atoms with Crippen LogP contribution in [0.1, 0.15) is 18.4 Å². The van der Waals surface area contributed by atoms with Crippen molar-refractivity contribution in [3.63, 3.8) is 0 Å². The molecule has 154 valence electrons. The molecule has 0 aliphatic rings. The van der Waals surface area contributed by atoms with Crippen LogP contribution in [0.4, 0.5) is 11.4 Å². The topological polar surface area (TPSA) is 84.5 Å². The van der Waals surface area contributed by atoms with E-state index in [1.165, 1.54) is 6.07 Å². The minimum absolute atomic E-state index is 0.134. The Bertz CT molecular complexity index is 953. The molecule has 0 spiro atoms. The molecule has 0 atom stereocenters. The van der Waals surface area contributed by atoms with E-state index in [9.17, 15) is 14.4 Å². The van der Waals surface area contributed by atoms with Gasteiger partial charge in [0.25, 0.3) is 5.91 Å². The average molecular weight is 523 g/mol. The van der Waals surface area contributed by atoms with Gasteiger partial charge in [0.2, 0.25) is 5.91 Å². The number of carbonyl (C=O) groups excluding carboxylic acids is 3. The van der Waals surface area contributed by atoms with Gasteiger partial charge in [-0.1, -0.05) is 34.8 Å². The number of rotatable bonds is 7. The van der Waals surface area contributed by atoms with Gasteiger partial charge in [0.05, 0.1) is 22.2 Å². The highest BCUT2D eigenvalue weighted by atomic mass is 79.9. The first-order chi connectivity index (χ1) is 13.7. The Morgan fingerprint density at radius 2 is 1.66 bits per heavy atom. The van der Waals surface area contributed by atoms with Crippen molar-refractivity contribution >= 4 is 79.9 Å². The molecule has 2 amide bonds. The number of hydrogen-bond acceptors (Lipinski definition) is 4. The zero-order valence-electron chi connectivity index (χ0n) is 15.2. The Balaban J connectivity index is 1.76. The van der Waals surface area contributed by atoms with Crippen LogP contribution in [0.5, 0.6) is 0 Å². The first kappa shape index (κ1) is 23.5. The van der Waals surface area contributed by atoms with Gasteiger partial charge in [0, 0.05) is 21.6 Å². The Hall–Kier alpha value is -1.80. The van der Waals surface area contributed by atoms with Crippen molar-refractivity contribution < 1.29 is 19.1 Å². The monoisotopic (exact) mass is 520 g/mol. The van der Waals surface area contributed by atoms with Gasteiger partial charge in [-0.15, -0.1) is 0 Å². The molecule has 0 aromatic heterocycles. The summed E-state index contributed by atoms with van der Waals surface area (Å²) in [4.78, 5) is 35.7. The van der Waals surface area contributed by atoms with E-state index in [-0.39, 0.29) is 12.8 Å². The lowest BCUT2D eigenvalue weighted by atomic mass is 10.2. The van der Waals surface area contributed by atoms with Gasteiger partial charge in [-0.05, 0) is 58.7 Å². The Labute approximate surface area is 191 Å². The van der Waals surface area contributed by atoms with Crippen LogP contribution in [0.15, 0.2) is 34.8 Å². The van der Waals surface area contributed by atoms with Gasteiger partial charge in [-0.3, -0.25) is 14.4 Å². The van der Waals surface area contributed by atoms with Crippen molar-refractivity contribution in [3.8, 4) is 0 Å². The summed E-state index contributed by atoms with van der Waals surface area (Å²) in [6, 6.07) is 8.01. The third-order valence-corrected chi connectivity index (χ3v) is 5.68. The van der Waals surface area contributed by atoms with Crippen molar-refractivity contribution in [1.82, 2.24) is 0 Å². The number of amides is 2. The van der Waals surface area contributed by atoms with E-state index in [2.05, 4.69) is 26.6 Å². The lowest BCUT2D eigenvalue weighted by Gasteiger charge is -2.11. The van der Waals surface area contributed by atoms with Crippen molar-refractivity contribution in [2.24, 2.45) is 0 Å². The van der Waals surface area contributed by atoms with Crippen LogP contribution in [0.3, 0.4) is 0 Å². The summed E-state index contributed by atoms with van der Waals surface area (Å²) in [5, 5.41) is 6.39. The lowest BCUT2D eigenvalue weighted by molar-refractivity contribution is -0.147. The summed E-state index contributed by atoms with van der Waals surface area (Å²) in [6.45, 7) is 1.27. The van der Waals surface area contributed by atoms with Crippen molar-refractivity contribution in [2.75, 3.05) is 17.2 Å². The zero-order chi connectivity index (χ0) is 21.6. The lowest BCUT2D eigenvalue weighted by Crippen LogP contribution is -2.22. The number of esters is 1. The average Bonchev–Trinajstić information content (AvgIpc) is 2.68. The summed E-state index contributed by atoms with van der Waals surface area (Å²) < 4.78 is 5.60. The SMILES string of the molecule is Cc1c(NC(=O)COC(=O)CCC(=O)Nc2cc(Cl)ccc2Cl)ccc(Br)c1Cl. The molecule has 0 heterocycles. The molecule has 2 aromatic carbocycles. The smallest absolute Gasteiger partial charge is 0.306 e. The standard InChI is InChI=1S/C19H16BrCl3N2O4/c1-10-14(5-3-12(20)19(10)23)24-17(27)9-29-18(28)7-6-16(26)25-15-8-11(21)2-4-13(15)22/h2-5,8H,6-7,9H2,1H3,(H,24,27)(H,25,26). The highest BCUT2D eigenvalue weighted by Gasteiger charge is 2.14. The molecule has 0 saturated heterocycles. The fourth-order valence-electron chi connectivity index (χ4n) is 2.21. The Morgan fingerprint density at radius 1 is 0.966 bits per heavy atom. The number of carbonyl (C=O) groups is 3. The maximum atomic E-state index is 12.0. The number of halogens is 4. The predicted octanol–water partition coefficient (Wildman–Crippen LogP) is 5.62. The molecule has 0 radical (unpaired) electrons. The predicted molar refractivity (Wildman–Crippen MR) is 118 cm³/mol. The van der Waals surface area contributed by atoms with Crippen LogP contribution in [-0.2, 0) is 19.1 Å². The Kier molecular flexibility index (Phi) is 8.77. The van der Waals surface area contributed by atoms with Crippen LogP contribution in [0.2, 0.25) is 15.1 Å². The van der Waals surface area contributed by atoms with E-state index < -0.39 is 24.4 Å². The van der Waals surface area contributed by atoms with Gasteiger partial charge in [0.15, 0.2) is 6.61 Å². The van der Waals surface area contributed by atoms with E-state index in [1.807, 2.05) is 0 Å². The summed E-state index contributed by atoms with van der Waals surface area (Å²) >= 11 is 21.2. The van der Waals surface area contributed by atoms with Crippen LogP contribution in [0, 0.1) is 6.92 Å². The largest absolute Gasteiger partial charge is 0.456 e. The quantitative estimate of drug-likeness (QED) is 0.463. The second-order valence-electron chi connectivity index (χ2n) is 5.92. The molecule has 2 N–H and O–H groups in total. The molecule has 0 saturated carbocycles. The molecule has 10 heteroatoms. The summed E-state index contributed by atoms with van der Waals surface area (Å²) in [6.07, 6.45) is -0.328. The molecule has 29 heavy (non-hydrogen) atoms. The van der Waals surface area contributed by atoms with Gasteiger partial charge in [-0.2, -0.15) is 0 Å². The number of hydrogen-bond donors (Lipinski definition) is 2. The second kappa shape index (κ2) is 10.8. The van der Waals surface area contributed by atoms with Gasteiger partial charge >= 0.3 is 5.97 Å². The molecular weight excluding hydrogens is 506 g/mol. The summed E-state index contributed by atoms with van der Waals surface area (Å²) in [5.41, 5.74) is 1.54. The molecule has 0 aliphatic heterocycles. The highest BCUT2D eigenvalue weighted by molar-refractivity contribution is 9.10. The molecule has 0 aliphatic carbocycles. The first-order valence-corrected chi connectivity index (χ1v) is 10.2. The van der Waals surface area contributed by atoms with Crippen LogP contribution < -0.4 is 10.6 Å². The highest BCUT2D eigenvalue weighted by Crippen LogP contribution is 2.31. The third-order valence-electron chi connectivity index (χ3n) is 3.74. The van der Waals surface area contributed by atoms with Crippen LogP contribution in [-0.4, -0.2) is 24.4 Å². The normalized spacial score (nSPS) is 10.4. The minimum atomic E-state index is -0.682. The minimum Gasteiger partial charge on any atom is -0.456 e. The number of ether oxygens (including phenoxy) is 1. The molecular formula is C19H16BrCl3N2O4. The zero-order valence-corrected chi connectivity index (χ0v) is 19.0.